The van der Waals surface area contributed by atoms with E-state index in [1.54, 1.807) is 24.3 Å². The number of hydrogen-bond acceptors (Lipinski definition) is 4. The van der Waals surface area contributed by atoms with Crippen molar-refractivity contribution in [3.05, 3.63) is 106 Å². The molecule has 1 amide bonds. The molecule has 1 aliphatic rings. The summed E-state index contributed by atoms with van der Waals surface area (Å²) < 4.78 is 5.77. The zero-order valence-corrected chi connectivity index (χ0v) is 19.0. The summed E-state index contributed by atoms with van der Waals surface area (Å²) >= 11 is 5.98. The van der Waals surface area contributed by atoms with Gasteiger partial charge in [0.15, 0.2) is 0 Å². The molecule has 1 atom stereocenters. The van der Waals surface area contributed by atoms with Gasteiger partial charge in [-0.2, -0.15) is 0 Å². The number of benzene rings is 3. The van der Waals surface area contributed by atoms with Gasteiger partial charge in [-0.05, 0) is 53.9 Å². The maximum atomic E-state index is 13.2. The third kappa shape index (κ3) is 4.78. The Balaban J connectivity index is 1.84. The van der Waals surface area contributed by atoms with Crippen LogP contribution in [0.4, 0.5) is 0 Å². The first-order valence-corrected chi connectivity index (χ1v) is 11.2. The number of aliphatic hydroxyl groups excluding tert-OH is 1. The molecule has 0 saturated carbocycles. The third-order valence-corrected chi connectivity index (χ3v) is 5.75. The van der Waals surface area contributed by atoms with Gasteiger partial charge in [0.05, 0.1) is 18.2 Å². The maximum absolute atomic E-state index is 13.2. The van der Waals surface area contributed by atoms with E-state index in [4.69, 9.17) is 16.3 Å². The summed E-state index contributed by atoms with van der Waals surface area (Å²) in [5.74, 6) is -0.959. The molecule has 1 unspecified atom stereocenters. The number of hydrogen-bond donors (Lipinski definition) is 1. The topological polar surface area (TPSA) is 66.8 Å². The predicted molar refractivity (Wildman–Crippen MR) is 128 cm³/mol. The number of aliphatic hydroxyl groups is 1. The molecule has 4 rings (SSSR count). The van der Waals surface area contributed by atoms with Crippen LogP contribution in [0.5, 0.6) is 5.75 Å². The first-order chi connectivity index (χ1) is 16.0. The maximum Gasteiger partial charge on any atom is 0.295 e. The Hall–Kier alpha value is -3.57. The standard InChI is InChI=1S/C27H24ClNO4/c1-2-15-33-22-10-6-9-20(16-22)24-23(25(30)19-11-13-21(28)14-12-19)26(31)27(32)29(24)17-18-7-4-3-5-8-18/h3-14,16,24,30H,2,15,17H2,1H3/b25-23+. The number of likely N-dealkylation sites (tertiary alicyclic amines) is 1. The summed E-state index contributed by atoms with van der Waals surface area (Å²) in [4.78, 5) is 27.8. The number of carbonyl (C=O) groups excluding carboxylic acids is 2. The third-order valence-electron chi connectivity index (χ3n) is 5.50. The van der Waals surface area contributed by atoms with E-state index in [9.17, 15) is 14.7 Å². The van der Waals surface area contributed by atoms with Crippen molar-refractivity contribution in [2.75, 3.05) is 6.61 Å². The van der Waals surface area contributed by atoms with Crippen LogP contribution < -0.4 is 4.74 Å². The summed E-state index contributed by atoms with van der Waals surface area (Å²) in [6.07, 6.45) is 0.854. The van der Waals surface area contributed by atoms with Gasteiger partial charge in [-0.1, -0.05) is 61.0 Å². The van der Waals surface area contributed by atoms with Crippen molar-refractivity contribution in [2.45, 2.75) is 25.9 Å². The van der Waals surface area contributed by atoms with Gasteiger partial charge in [0, 0.05) is 17.1 Å². The largest absolute Gasteiger partial charge is 0.507 e. The van der Waals surface area contributed by atoms with E-state index in [1.165, 1.54) is 4.90 Å². The minimum absolute atomic E-state index is 0.0471. The molecule has 1 N–H and O–H groups in total. The number of Topliss-reactive ketones (excluding diaryl/α,β-unsaturated/α-hetero) is 1. The minimum atomic E-state index is -0.758. The number of ketones is 1. The molecular formula is C27H24ClNO4. The summed E-state index contributed by atoms with van der Waals surface area (Å²) in [6, 6.07) is 22.5. The van der Waals surface area contributed by atoms with Crippen LogP contribution in [-0.4, -0.2) is 28.3 Å². The van der Waals surface area contributed by atoms with Crippen molar-refractivity contribution in [1.82, 2.24) is 4.90 Å². The molecule has 33 heavy (non-hydrogen) atoms. The van der Waals surface area contributed by atoms with Crippen LogP contribution in [0.3, 0.4) is 0 Å². The smallest absolute Gasteiger partial charge is 0.295 e. The zero-order chi connectivity index (χ0) is 23.4. The van der Waals surface area contributed by atoms with Crippen LogP contribution >= 0.6 is 11.6 Å². The number of carbonyl (C=O) groups is 2. The number of rotatable bonds is 7. The highest BCUT2D eigenvalue weighted by molar-refractivity contribution is 6.46. The van der Waals surface area contributed by atoms with Gasteiger partial charge in [0.2, 0.25) is 0 Å². The van der Waals surface area contributed by atoms with E-state index < -0.39 is 17.7 Å². The quantitative estimate of drug-likeness (QED) is 0.276. The molecule has 0 radical (unpaired) electrons. The Morgan fingerprint density at radius 3 is 2.42 bits per heavy atom. The van der Waals surface area contributed by atoms with Gasteiger partial charge in [0.25, 0.3) is 11.7 Å². The molecule has 1 fully saturated rings. The van der Waals surface area contributed by atoms with Crippen molar-refractivity contribution in [1.29, 1.82) is 0 Å². The lowest BCUT2D eigenvalue weighted by Crippen LogP contribution is -2.29. The van der Waals surface area contributed by atoms with E-state index in [2.05, 4.69) is 0 Å². The molecule has 5 nitrogen and oxygen atoms in total. The Labute approximate surface area is 197 Å². The Morgan fingerprint density at radius 2 is 1.73 bits per heavy atom. The van der Waals surface area contributed by atoms with Crippen LogP contribution in [0, 0.1) is 0 Å². The second-order valence-electron chi connectivity index (χ2n) is 7.84. The van der Waals surface area contributed by atoms with Crippen molar-refractivity contribution in [3.8, 4) is 5.75 Å². The fourth-order valence-electron chi connectivity index (χ4n) is 3.93. The number of nitrogens with zero attached hydrogens (tertiary/aromatic N) is 1. The fourth-order valence-corrected chi connectivity index (χ4v) is 4.05. The van der Waals surface area contributed by atoms with Crippen molar-refractivity contribution < 1.29 is 19.4 Å². The first-order valence-electron chi connectivity index (χ1n) is 10.8. The summed E-state index contributed by atoms with van der Waals surface area (Å²) in [5, 5.41) is 11.6. The second kappa shape index (κ2) is 9.92. The van der Waals surface area contributed by atoms with E-state index in [-0.39, 0.29) is 17.9 Å². The van der Waals surface area contributed by atoms with Gasteiger partial charge in [-0.25, -0.2) is 0 Å². The summed E-state index contributed by atoms with van der Waals surface area (Å²) in [7, 11) is 0. The van der Waals surface area contributed by atoms with E-state index in [0.717, 1.165) is 12.0 Å². The van der Waals surface area contributed by atoms with E-state index in [1.807, 2.05) is 61.5 Å². The molecule has 1 aliphatic heterocycles. The molecule has 3 aromatic carbocycles. The van der Waals surface area contributed by atoms with Gasteiger partial charge in [-0.15, -0.1) is 0 Å². The molecule has 0 spiro atoms. The Morgan fingerprint density at radius 1 is 1.00 bits per heavy atom. The molecule has 0 aromatic heterocycles. The highest BCUT2D eigenvalue weighted by atomic mass is 35.5. The van der Waals surface area contributed by atoms with Crippen LogP contribution in [0.25, 0.3) is 5.76 Å². The first kappa shape index (κ1) is 22.6. The van der Waals surface area contributed by atoms with Gasteiger partial charge >= 0.3 is 0 Å². The van der Waals surface area contributed by atoms with Gasteiger partial charge in [0.1, 0.15) is 11.5 Å². The molecule has 0 aliphatic carbocycles. The SMILES string of the molecule is CCCOc1cccc(C2/C(=C(\O)c3ccc(Cl)cc3)C(=O)C(=O)N2Cc2ccccc2)c1. The lowest BCUT2D eigenvalue weighted by molar-refractivity contribution is -0.140. The van der Waals surface area contributed by atoms with Crippen LogP contribution in [-0.2, 0) is 16.1 Å². The zero-order valence-electron chi connectivity index (χ0n) is 18.2. The summed E-state index contributed by atoms with van der Waals surface area (Å²) in [6.45, 7) is 2.80. The van der Waals surface area contributed by atoms with Crippen molar-refractivity contribution in [2.24, 2.45) is 0 Å². The van der Waals surface area contributed by atoms with Crippen molar-refractivity contribution >= 4 is 29.1 Å². The van der Waals surface area contributed by atoms with Crippen LogP contribution in [0.15, 0.2) is 84.4 Å². The second-order valence-corrected chi connectivity index (χ2v) is 8.28. The van der Waals surface area contributed by atoms with E-state index in [0.29, 0.717) is 28.5 Å². The highest BCUT2D eigenvalue weighted by Gasteiger charge is 2.46. The summed E-state index contributed by atoms with van der Waals surface area (Å²) in [5.41, 5.74) is 2.04. The van der Waals surface area contributed by atoms with Gasteiger partial charge < -0.3 is 14.7 Å². The number of ether oxygens (including phenoxy) is 1. The molecule has 168 valence electrons. The highest BCUT2D eigenvalue weighted by Crippen LogP contribution is 2.41. The van der Waals surface area contributed by atoms with E-state index >= 15 is 0 Å². The fraction of sp³-hybridized carbons (Fsp3) is 0.185. The minimum Gasteiger partial charge on any atom is -0.507 e. The Kier molecular flexibility index (Phi) is 6.80. The molecule has 1 saturated heterocycles. The lowest BCUT2D eigenvalue weighted by Gasteiger charge is -2.26. The lowest BCUT2D eigenvalue weighted by atomic mass is 9.95. The molecule has 1 heterocycles. The van der Waals surface area contributed by atoms with Gasteiger partial charge in [-0.3, -0.25) is 9.59 Å². The molecule has 6 heteroatoms. The monoisotopic (exact) mass is 461 g/mol. The number of amides is 1. The predicted octanol–water partition coefficient (Wildman–Crippen LogP) is 5.75. The molecule has 3 aromatic rings. The average molecular weight is 462 g/mol. The van der Waals surface area contributed by atoms with Crippen molar-refractivity contribution in [3.63, 3.8) is 0 Å². The van der Waals surface area contributed by atoms with Crippen LogP contribution in [0.1, 0.15) is 36.1 Å². The molecular weight excluding hydrogens is 438 g/mol. The Bertz CT molecular complexity index is 1190. The normalized spacial score (nSPS) is 17.4. The average Bonchev–Trinajstić information content (AvgIpc) is 3.08. The number of halogens is 1. The van der Waals surface area contributed by atoms with Crippen LogP contribution in [0.2, 0.25) is 5.02 Å². The molecule has 0 bridgehead atoms.